The first-order chi connectivity index (χ1) is 20.7. The van der Waals surface area contributed by atoms with Crippen molar-refractivity contribution in [3.8, 4) is 17.0 Å². The third kappa shape index (κ3) is 6.30. The fraction of sp³-hybridized carbons (Fsp3) is 0.346. The van der Waals surface area contributed by atoms with Crippen molar-refractivity contribution in [3.63, 3.8) is 0 Å². The largest absolute Gasteiger partial charge is 0.434 e. The maximum atomic E-state index is 13.3. The van der Waals surface area contributed by atoms with E-state index in [1.54, 1.807) is 12.3 Å². The Morgan fingerprint density at radius 1 is 1.19 bits per heavy atom. The number of nitrogens with one attached hydrogen (secondary N) is 1. The molecule has 1 aromatic carbocycles. The molecule has 224 valence electrons. The lowest BCUT2D eigenvalue weighted by Crippen LogP contribution is -2.45. The summed E-state index contributed by atoms with van der Waals surface area (Å²) in [5.74, 6) is -0.180. The van der Waals surface area contributed by atoms with Crippen LogP contribution in [0.2, 0.25) is 0 Å². The minimum Gasteiger partial charge on any atom is -0.434 e. The van der Waals surface area contributed by atoms with Gasteiger partial charge < -0.3 is 15.0 Å². The molecule has 0 radical (unpaired) electrons. The molecule has 0 saturated carbocycles. The van der Waals surface area contributed by atoms with E-state index in [0.29, 0.717) is 18.3 Å². The van der Waals surface area contributed by atoms with Gasteiger partial charge in [-0.15, -0.1) is 10.2 Å². The summed E-state index contributed by atoms with van der Waals surface area (Å²) in [5, 5.41) is 23.9. The van der Waals surface area contributed by atoms with Gasteiger partial charge in [0.15, 0.2) is 11.5 Å². The first-order valence-electron chi connectivity index (χ1n) is 13.2. The highest BCUT2D eigenvalue weighted by Gasteiger charge is 2.25. The second-order valence-electron chi connectivity index (χ2n) is 10.1. The molecule has 6 rings (SSSR count). The van der Waals surface area contributed by atoms with Crippen molar-refractivity contribution in [3.05, 3.63) is 66.0 Å². The van der Waals surface area contributed by atoms with Gasteiger partial charge in [0.1, 0.15) is 23.6 Å². The number of halogens is 4. The predicted molar refractivity (Wildman–Crippen MR) is 143 cm³/mol. The number of ether oxygens (including phenoxy) is 1. The van der Waals surface area contributed by atoms with E-state index in [2.05, 4.69) is 40.8 Å². The molecule has 0 spiro atoms. The van der Waals surface area contributed by atoms with Crippen molar-refractivity contribution in [2.24, 2.45) is 5.92 Å². The lowest BCUT2D eigenvalue weighted by molar-refractivity contribution is -0.0494. The molecule has 5 heterocycles. The van der Waals surface area contributed by atoms with Crippen LogP contribution in [0.5, 0.6) is 5.75 Å². The van der Waals surface area contributed by atoms with Gasteiger partial charge in [0.05, 0.1) is 18.4 Å². The number of alkyl halides is 4. The Morgan fingerprint density at radius 2 is 2.02 bits per heavy atom. The molecule has 13 nitrogen and oxygen atoms in total. The van der Waals surface area contributed by atoms with Crippen LogP contribution in [0.25, 0.3) is 16.9 Å². The van der Waals surface area contributed by atoms with Crippen molar-refractivity contribution in [1.29, 1.82) is 0 Å². The van der Waals surface area contributed by atoms with Gasteiger partial charge >= 0.3 is 6.61 Å². The number of rotatable bonds is 11. The van der Waals surface area contributed by atoms with E-state index in [9.17, 15) is 22.4 Å². The maximum absolute atomic E-state index is 13.3. The van der Waals surface area contributed by atoms with Crippen molar-refractivity contribution in [1.82, 2.24) is 49.5 Å². The zero-order valence-corrected chi connectivity index (χ0v) is 22.7. The number of amides is 1. The number of tetrazole rings is 1. The zero-order chi connectivity index (χ0) is 30.1. The smallest absolute Gasteiger partial charge is 0.387 e. The molecule has 1 N–H and O–H groups in total. The summed E-state index contributed by atoms with van der Waals surface area (Å²) in [5.41, 5.74) is 0.676. The van der Waals surface area contributed by atoms with Gasteiger partial charge in [-0.1, -0.05) is 6.07 Å². The van der Waals surface area contributed by atoms with Crippen molar-refractivity contribution in [2.45, 2.75) is 32.5 Å². The van der Waals surface area contributed by atoms with Crippen LogP contribution in [0.1, 0.15) is 21.7 Å². The molecule has 5 aromatic rings. The first-order valence-corrected chi connectivity index (χ1v) is 13.2. The molecule has 0 aliphatic carbocycles. The molecular weight excluding hydrogens is 574 g/mol. The van der Waals surface area contributed by atoms with Crippen LogP contribution < -0.4 is 10.1 Å². The second-order valence-corrected chi connectivity index (χ2v) is 10.1. The van der Waals surface area contributed by atoms with E-state index in [1.807, 2.05) is 7.05 Å². The van der Waals surface area contributed by atoms with E-state index in [1.165, 1.54) is 50.8 Å². The number of hydrogen-bond acceptors (Lipinski definition) is 9. The summed E-state index contributed by atoms with van der Waals surface area (Å²) >= 11 is 0. The van der Waals surface area contributed by atoms with Crippen LogP contribution in [0.4, 0.5) is 23.2 Å². The number of benzene rings is 1. The number of anilines is 1. The van der Waals surface area contributed by atoms with E-state index >= 15 is 0 Å². The van der Waals surface area contributed by atoms with E-state index in [4.69, 9.17) is 4.74 Å². The normalized spacial score (nSPS) is 14.1. The number of likely N-dealkylation sites (tertiary alicyclic amines) is 1. The van der Waals surface area contributed by atoms with Crippen LogP contribution in [-0.4, -0.2) is 88.6 Å². The molecule has 17 heteroatoms. The first kappa shape index (κ1) is 28.2. The van der Waals surface area contributed by atoms with Crippen LogP contribution in [-0.2, 0) is 19.5 Å². The summed E-state index contributed by atoms with van der Waals surface area (Å²) in [6, 6.07) is 5.38. The Balaban J connectivity index is 1.35. The van der Waals surface area contributed by atoms with Crippen molar-refractivity contribution >= 4 is 17.2 Å². The number of aromatic nitrogens is 9. The lowest BCUT2D eigenvalue weighted by Gasteiger charge is -2.35. The van der Waals surface area contributed by atoms with Gasteiger partial charge in [-0.2, -0.15) is 23.8 Å². The SMILES string of the molecule is CN1CC(Cn2nnc(Cn3cc(NC(=O)c4cnn5cccnc45)c(-c4cc(CC(F)F)ccc4OC(F)F)n3)n2)C1. The summed E-state index contributed by atoms with van der Waals surface area (Å²) in [4.78, 5) is 21.2. The third-order valence-corrected chi connectivity index (χ3v) is 6.80. The quantitative estimate of drug-likeness (QED) is 0.228. The molecular formula is C26H25F4N11O2. The Bertz CT molecular complexity index is 1750. The fourth-order valence-corrected chi connectivity index (χ4v) is 4.97. The second kappa shape index (κ2) is 11.7. The van der Waals surface area contributed by atoms with Crippen LogP contribution in [0.3, 0.4) is 0 Å². The molecule has 0 atom stereocenters. The molecule has 1 amide bonds. The summed E-state index contributed by atoms with van der Waals surface area (Å²) in [6.45, 7) is -0.717. The Labute approximate surface area is 241 Å². The van der Waals surface area contributed by atoms with E-state index in [-0.39, 0.29) is 46.0 Å². The molecule has 0 bridgehead atoms. The van der Waals surface area contributed by atoms with Gasteiger partial charge in [-0.25, -0.2) is 18.3 Å². The van der Waals surface area contributed by atoms with Crippen molar-refractivity contribution < 1.29 is 27.1 Å². The van der Waals surface area contributed by atoms with Crippen LogP contribution in [0, 0.1) is 5.92 Å². The number of nitrogens with zero attached hydrogens (tertiary/aromatic N) is 10. The molecule has 0 unspecified atom stereocenters. The topological polar surface area (TPSA) is 133 Å². The van der Waals surface area contributed by atoms with Gasteiger partial charge in [-0.3, -0.25) is 9.48 Å². The molecule has 1 aliphatic rings. The molecule has 1 aliphatic heterocycles. The maximum Gasteiger partial charge on any atom is 0.387 e. The highest BCUT2D eigenvalue weighted by molar-refractivity contribution is 6.09. The average Bonchev–Trinajstić information content (AvgIpc) is 3.67. The Morgan fingerprint density at radius 3 is 2.79 bits per heavy atom. The standard InChI is InChI=1S/C26H25F4N11O2/c1-38-10-16(11-38)12-41-35-22(34-37-41)14-39-13-19(33-25(42)18-9-32-40-6-2-5-31-24(18)40)23(36-39)17-7-15(8-21(27)28)3-4-20(17)43-26(29)30/h2-7,9,13,16,21,26H,8,10-12,14H2,1H3,(H,33,42). The number of carbonyl (C=O) groups excluding carboxylic acids is 1. The molecule has 43 heavy (non-hydrogen) atoms. The van der Waals surface area contributed by atoms with Crippen LogP contribution >= 0.6 is 0 Å². The zero-order valence-electron chi connectivity index (χ0n) is 22.7. The van der Waals surface area contributed by atoms with E-state index in [0.717, 1.165) is 13.1 Å². The number of carbonyl (C=O) groups is 1. The third-order valence-electron chi connectivity index (χ3n) is 6.80. The van der Waals surface area contributed by atoms with Gasteiger partial charge in [-0.05, 0) is 36.0 Å². The minimum atomic E-state index is -3.20. The summed E-state index contributed by atoms with van der Waals surface area (Å²) in [7, 11) is 2.02. The van der Waals surface area contributed by atoms with Crippen molar-refractivity contribution in [2.75, 3.05) is 25.5 Å². The highest BCUT2D eigenvalue weighted by Crippen LogP contribution is 2.36. The molecule has 1 saturated heterocycles. The minimum absolute atomic E-state index is 0.00875. The average molecular weight is 600 g/mol. The van der Waals surface area contributed by atoms with E-state index < -0.39 is 25.4 Å². The number of hydrogen-bond donors (Lipinski definition) is 1. The Kier molecular flexibility index (Phi) is 7.71. The van der Waals surface area contributed by atoms with Gasteiger partial charge in [0, 0.05) is 49.6 Å². The monoisotopic (exact) mass is 599 g/mol. The Hall–Kier alpha value is -4.93. The fourth-order valence-electron chi connectivity index (χ4n) is 4.97. The summed E-state index contributed by atoms with van der Waals surface area (Å²) in [6.07, 6.45) is 2.61. The van der Waals surface area contributed by atoms with Gasteiger partial charge in [0.25, 0.3) is 5.91 Å². The number of fused-ring (bicyclic) bond motifs is 1. The summed E-state index contributed by atoms with van der Waals surface area (Å²) < 4.78 is 60.6. The molecule has 4 aromatic heterocycles. The molecule has 1 fully saturated rings. The van der Waals surface area contributed by atoms with Gasteiger partial charge in [0.2, 0.25) is 6.43 Å². The van der Waals surface area contributed by atoms with Crippen LogP contribution in [0.15, 0.2) is 49.1 Å². The highest BCUT2D eigenvalue weighted by atomic mass is 19.3. The predicted octanol–water partition coefficient (Wildman–Crippen LogP) is 2.85. The lowest BCUT2D eigenvalue weighted by atomic mass is 10.0.